The number of alkyl halides is 3. The standard InChI is InChI=1S/C11H7F3O2/c1-3-7-4-5-8(11(12,13)14)6-9(7)10(15)16-2/h1,4-6H,2H3. The van der Waals surface area contributed by atoms with Gasteiger partial charge in [-0.3, -0.25) is 0 Å². The molecule has 0 unspecified atom stereocenters. The van der Waals surface area contributed by atoms with Gasteiger partial charge in [-0.2, -0.15) is 13.2 Å². The minimum atomic E-state index is -4.52. The Morgan fingerprint density at radius 1 is 1.44 bits per heavy atom. The van der Waals surface area contributed by atoms with E-state index in [1.165, 1.54) is 0 Å². The van der Waals surface area contributed by atoms with Gasteiger partial charge in [-0.15, -0.1) is 6.42 Å². The molecule has 0 aromatic heterocycles. The third-order valence-electron chi connectivity index (χ3n) is 1.91. The molecule has 0 aliphatic carbocycles. The van der Waals surface area contributed by atoms with Crippen LogP contribution in [0.3, 0.4) is 0 Å². The van der Waals surface area contributed by atoms with Gasteiger partial charge in [-0.1, -0.05) is 5.92 Å². The highest BCUT2D eigenvalue weighted by Gasteiger charge is 2.31. The zero-order valence-electron chi connectivity index (χ0n) is 8.26. The van der Waals surface area contributed by atoms with E-state index in [-0.39, 0.29) is 11.1 Å². The molecule has 0 N–H and O–H groups in total. The van der Waals surface area contributed by atoms with Gasteiger partial charge in [-0.25, -0.2) is 4.79 Å². The first-order valence-corrected chi connectivity index (χ1v) is 4.16. The average molecular weight is 228 g/mol. The van der Waals surface area contributed by atoms with Gasteiger partial charge in [0.2, 0.25) is 0 Å². The first kappa shape index (κ1) is 12.1. The van der Waals surface area contributed by atoms with Crippen LogP contribution in [-0.4, -0.2) is 13.1 Å². The van der Waals surface area contributed by atoms with Crippen LogP contribution in [0.25, 0.3) is 0 Å². The Bertz CT molecular complexity index is 455. The lowest BCUT2D eigenvalue weighted by atomic mass is 10.0. The Kier molecular flexibility index (Phi) is 3.23. The van der Waals surface area contributed by atoms with Gasteiger partial charge in [0.1, 0.15) is 0 Å². The van der Waals surface area contributed by atoms with Crippen molar-refractivity contribution in [2.75, 3.05) is 7.11 Å². The third kappa shape index (κ3) is 2.34. The molecule has 0 heterocycles. The minimum Gasteiger partial charge on any atom is -0.465 e. The fraction of sp³-hybridized carbons (Fsp3) is 0.182. The Labute approximate surface area is 90.0 Å². The lowest BCUT2D eigenvalue weighted by molar-refractivity contribution is -0.137. The van der Waals surface area contributed by atoms with Gasteiger partial charge in [0.25, 0.3) is 0 Å². The van der Waals surface area contributed by atoms with Crippen molar-refractivity contribution in [1.82, 2.24) is 0 Å². The van der Waals surface area contributed by atoms with Gasteiger partial charge < -0.3 is 4.74 Å². The van der Waals surface area contributed by atoms with Crippen molar-refractivity contribution in [3.63, 3.8) is 0 Å². The Hall–Kier alpha value is -1.96. The van der Waals surface area contributed by atoms with Crippen molar-refractivity contribution < 1.29 is 22.7 Å². The number of carbonyl (C=O) groups is 1. The van der Waals surface area contributed by atoms with Crippen LogP contribution in [-0.2, 0) is 10.9 Å². The number of methoxy groups -OCH3 is 1. The van der Waals surface area contributed by atoms with Crippen LogP contribution in [0.15, 0.2) is 18.2 Å². The van der Waals surface area contributed by atoms with E-state index in [1.54, 1.807) is 0 Å². The predicted octanol–water partition coefficient (Wildman–Crippen LogP) is 2.47. The van der Waals surface area contributed by atoms with Gasteiger partial charge >= 0.3 is 12.1 Å². The second-order valence-electron chi connectivity index (χ2n) is 2.89. The molecule has 0 bridgehead atoms. The summed E-state index contributed by atoms with van der Waals surface area (Å²) in [6.07, 6.45) is 0.545. The third-order valence-corrected chi connectivity index (χ3v) is 1.91. The molecule has 16 heavy (non-hydrogen) atoms. The van der Waals surface area contributed by atoms with E-state index in [0.717, 1.165) is 19.2 Å². The second kappa shape index (κ2) is 4.27. The number of esters is 1. The number of terminal acetylenes is 1. The monoisotopic (exact) mass is 228 g/mol. The molecule has 84 valence electrons. The van der Waals surface area contributed by atoms with Gasteiger partial charge in [-0.05, 0) is 18.2 Å². The molecule has 1 aromatic carbocycles. The molecule has 1 rings (SSSR count). The maximum atomic E-state index is 12.4. The summed E-state index contributed by atoms with van der Waals surface area (Å²) in [6.45, 7) is 0. The molecule has 0 aliphatic heterocycles. The van der Waals surface area contributed by atoms with Crippen LogP contribution in [0.4, 0.5) is 13.2 Å². The minimum absolute atomic E-state index is 0.0693. The number of benzene rings is 1. The second-order valence-corrected chi connectivity index (χ2v) is 2.89. The number of carbonyl (C=O) groups excluding carboxylic acids is 1. The maximum Gasteiger partial charge on any atom is 0.416 e. The van der Waals surface area contributed by atoms with E-state index >= 15 is 0 Å². The van der Waals surface area contributed by atoms with E-state index in [4.69, 9.17) is 6.42 Å². The van der Waals surface area contributed by atoms with E-state index in [0.29, 0.717) is 6.07 Å². The highest BCUT2D eigenvalue weighted by atomic mass is 19.4. The largest absolute Gasteiger partial charge is 0.465 e. The molecule has 0 saturated heterocycles. The molecular weight excluding hydrogens is 221 g/mol. The van der Waals surface area contributed by atoms with Crippen molar-refractivity contribution >= 4 is 5.97 Å². The van der Waals surface area contributed by atoms with E-state index < -0.39 is 17.7 Å². The molecular formula is C11H7F3O2. The van der Waals surface area contributed by atoms with Gasteiger partial charge in [0.15, 0.2) is 0 Å². The predicted molar refractivity (Wildman–Crippen MR) is 50.7 cm³/mol. The topological polar surface area (TPSA) is 26.3 Å². The number of ether oxygens (including phenoxy) is 1. The molecule has 0 saturated carbocycles. The van der Waals surface area contributed by atoms with Crippen LogP contribution >= 0.6 is 0 Å². The van der Waals surface area contributed by atoms with Crippen molar-refractivity contribution in [2.45, 2.75) is 6.18 Å². The van der Waals surface area contributed by atoms with Crippen molar-refractivity contribution in [3.05, 3.63) is 34.9 Å². The summed E-state index contributed by atoms with van der Waals surface area (Å²) in [5, 5.41) is 0. The van der Waals surface area contributed by atoms with Crippen LogP contribution < -0.4 is 0 Å². The van der Waals surface area contributed by atoms with Gasteiger partial charge in [0.05, 0.1) is 18.2 Å². The summed E-state index contributed by atoms with van der Waals surface area (Å²) in [5.41, 5.74) is -1.13. The summed E-state index contributed by atoms with van der Waals surface area (Å²) >= 11 is 0. The zero-order valence-corrected chi connectivity index (χ0v) is 8.26. The average Bonchev–Trinajstić information content (AvgIpc) is 2.25. The summed E-state index contributed by atoms with van der Waals surface area (Å²) in [5.74, 6) is 1.23. The number of halogens is 3. The van der Waals surface area contributed by atoms with Crippen molar-refractivity contribution in [3.8, 4) is 12.3 Å². The van der Waals surface area contributed by atoms with Crippen molar-refractivity contribution in [1.29, 1.82) is 0 Å². The summed E-state index contributed by atoms with van der Waals surface area (Å²) in [4.78, 5) is 11.2. The molecule has 0 atom stereocenters. The first-order valence-electron chi connectivity index (χ1n) is 4.16. The quantitative estimate of drug-likeness (QED) is 0.545. The maximum absolute atomic E-state index is 12.4. The van der Waals surface area contributed by atoms with Crippen LogP contribution in [0.2, 0.25) is 0 Å². The van der Waals surface area contributed by atoms with Gasteiger partial charge in [0, 0.05) is 5.56 Å². The Morgan fingerprint density at radius 3 is 2.50 bits per heavy atom. The molecule has 0 radical (unpaired) electrons. The van der Waals surface area contributed by atoms with Crippen LogP contribution in [0.1, 0.15) is 21.5 Å². The fourth-order valence-corrected chi connectivity index (χ4v) is 1.13. The molecule has 0 aliphatic rings. The molecule has 0 amide bonds. The Balaban J connectivity index is 3.34. The van der Waals surface area contributed by atoms with Crippen LogP contribution in [0, 0.1) is 12.3 Å². The normalized spacial score (nSPS) is 10.7. The fourth-order valence-electron chi connectivity index (χ4n) is 1.13. The summed E-state index contributed by atoms with van der Waals surface area (Å²) in [6, 6.07) is 2.57. The molecule has 2 nitrogen and oxygen atoms in total. The molecule has 0 fully saturated rings. The number of rotatable bonds is 1. The van der Waals surface area contributed by atoms with Crippen molar-refractivity contribution in [2.24, 2.45) is 0 Å². The first-order chi connectivity index (χ1) is 7.40. The Morgan fingerprint density at radius 2 is 2.06 bits per heavy atom. The number of hydrogen-bond donors (Lipinski definition) is 0. The lowest BCUT2D eigenvalue weighted by Crippen LogP contribution is -2.10. The van der Waals surface area contributed by atoms with E-state index in [1.807, 2.05) is 0 Å². The summed E-state index contributed by atoms with van der Waals surface area (Å²) < 4.78 is 41.4. The van der Waals surface area contributed by atoms with E-state index in [9.17, 15) is 18.0 Å². The molecule has 5 heteroatoms. The molecule has 0 spiro atoms. The van der Waals surface area contributed by atoms with E-state index in [2.05, 4.69) is 10.7 Å². The smallest absolute Gasteiger partial charge is 0.416 e. The highest BCUT2D eigenvalue weighted by Crippen LogP contribution is 2.30. The number of hydrogen-bond acceptors (Lipinski definition) is 2. The lowest BCUT2D eigenvalue weighted by Gasteiger charge is -2.09. The zero-order chi connectivity index (χ0) is 12.3. The van der Waals surface area contributed by atoms with Crippen LogP contribution in [0.5, 0.6) is 0 Å². The summed E-state index contributed by atoms with van der Waals surface area (Å²) in [7, 11) is 1.07. The SMILES string of the molecule is C#Cc1ccc(C(F)(F)F)cc1C(=O)OC. The molecule has 1 aromatic rings. The highest BCUT2D eigenvalue weighted by molar-refractivity contribution is 5.92.